The molecule has 0 atom stereocenters. The molecule has 0 saturated carbocycles. The number of benzene rings is 10. The molecule has 69 heavy (non-hydrogen) atoms. The van der Waals surface area contributed by atoms with Crippen LogP contribution < -0.4 is 63.4 Å². The van der Waals surface area contributed by atoms with Gasteiger partial charge in [-0.1, -0.05) is 233 Å². The van der Waals surface area contributed by atoms with E-state index in [9.17, 15) is 0 Å². The summed E-state index contributed by atoms with van der Waals surface area (Å²) < 4.78 is 22.9. The van der Waals surface area contributed by atoms with E-state index in [4.69, 9.17) is 14.2 Å². The van der Waals surface area contributed by atoms with Crippen LogP contribution in [0.1, 0.15) is 16.7 Å². The predicted octanol–water partition coefficient (Wildman–Crippen LogP) is 9.48. The third-order valence-corrected chi connectivity index (χ3v) is 14.8. The van der Waals surface area contributed by atoms with Gasteiger partial charge in [0.25, 0.3) is 20.1 Å². The van der Waals surface area contributed by atoms with E-state index in [1.54, 1.807) is 0 Å². The van der Waals surface area contributed by atoms with E-state index in [-0.39, 0.29) is 20.1 Å². The van der Waals surface area contributed by atoms with Crippen LogP contribution in [-0.4, -0.2) is 20.1 Å². The normalized spacial score (nSPS) is 12.8. The monoisotopic (exact) mass is 882 g/mol. The average molecular weight is 882 g/mol. The second-order valence-corrected chi connectivity index (χ2v) is 18.7. The molecule has 3 aliphatic rings. The first-order valence-corrected chi connectivity index (χ1v) is 24.0. The Bertz CT molecular complexity index is 3240. The summed E-state index contributed by atoms with van der Waals surface area (Å²) in [7, 11) is 0. The fraction of sp³-hybridized carbons (Fsp3) is 0.0476. The van der Waals surface area contributed by atoms with Crippen LogP contribution >= 0.6 is 0 Å². The van der Waals surface area contributed by atoms with E-state index in [0.29, 0.717) is 0 Å². The first kappa shape index (κ1) is 41.0. The largest absolute Gasteiger partial charge is 0.459 e. The van der Waals surface area contributed by atoms with Crippen molar-refractivity contribution in [3.63, 3.8) is 0 Å². The van der Waals surface area contributed by atoms with Crippen molar-refractivity contribution in [2.75, 3.05) is 0 Å². The third kappa shape index (κ3) is 6.54. The highest BCUT2D eigenvalue weighted by Gasteiger charge is 2.50. The number of fused-ring (bicyclic) bond motifs is 9. The third-order valence-electron chi connectivity index (χ3n) is 14.8. The molecular weight excluding hydrogens is 837 g/mol. The molecule has 0 saturated heterocycles. The number of hydrogen-bond donors (Lipinski definition) is 0. The Balaban J connectivity index is 1.23. The molecule has 0 amide bonds. The maximum atomic E-state index is 7.62. The molecule has 3 aliphatic heterocycles. The Hall–Kier alpha value is -8.21. The van der Waals surface area contributed by atoms with Crippen LogP contribution in [0.25, 0.3) is 33.4 Å². The quantitative estimate of drug-likeness (QED) is 0.156. The Morgan fingerprint density at radius 3 is 0.797 bits per heavy atom. The number of rotatable bonds is 6. The molecular formula is C63H45B3O3. The number of para-hydroxylation sites is 3. The highest BCUT2D eigenvalue weighted by atomic mass is 16.5. The van der Waals surface area contributed by atoms with Crippen molar-refractivity contribution in [2.45, 2.75) is 20.8 Å². The average Bonchev–Trinajstić information content (AvgIpc) is 3.40. The summed E-state index contributed by atoms with van der Waals surface area (Å²) in [6.07, 6.45) is 0. The molecule has 10 aromatic carbocycles. The van der Waals surface area contributed by atoms with Gasteiger partial charge in [-0.05, 0) is 88.7 Å². The Morgan fingerprint density at radius 1 is 0.246 bits per heavy atom. The zero-order chi connectivity index (χ0) is 46.2. The van der Waals surface area contributed by atoms with Gasteiger partial charge in [0.2, 0.25) is 0 Å². The minimum absolute atomic E-state index is 0.292. The Kier molecular flexibility index (Phi) is 9.83. The van der Waals surface area contributed by atoms with Crippen molar-refractivity contribution < 1.29 is 14.2 Å². The summed E-state index contributed by atoms with van der Waals surface area (Å²) in [6.45, 7) is 5.89. The molecule has 0 bridgehead atoms. The molecule has 3 nitrogen and oxygen atoms in total. The first-order chi connectivity index (χ1) is 34.0. The molecule has 0 fully saturated rings. The highest BCUT2D eigenvalue weighted by molar-refractivity contribution is 7.05. The maximum Gasteiger partial charge on any atom is 0.256 e. The standard InChI is InChI=1S/C63H45B3O3/c1-40-22-19-31-46(43-25-7-4-8-26-43)55(40)64-49-34-13-16-37-52(49)67-61-58(64)62-60(65(50-35-14-17-38-53(50)68-62)56-41(2)23-20-32-47(56)44-27-9-5-10-28-44)63-59(61)66(51-36-15-18-39-54(51)69-63)57-42(3)24-21-33-48(57)45-29-11-6-12-30-45/h4-39H,1-3H3. The fourth-order valence-electron chi connectivity index (χ4n) is 11.8. The molecule has 0 aliphatic carbocycles. The maximum absolute atomic E-state index is 7.62. The second kappa shape index (κ2) is 16.5. The summed E-state index contributed by atoms with van der Waals surface area (Å²) in [4.78, 5) is 0. The van der Waals surface area contributed by atoms with Gasteiger partial charge < -0.3 is 14.2 Å². The lowest BCUT2D eigenvalue weighted by Gasteiger charge is -2.41. The van der Waals surface area contributed by atoms with Gasteiger partial charge >= 0.3 is 0 Å². The lowest BCUT2D eigenvalue weighted by molar-refractivity contribution is 0.453. The number of hydrogen-bond acceptors (Lipinski definition) is 3. The van der Waals surface area contributed by atoms with Crippen LogP contribution in [0.3, 0.4) is 0 Å². The van der Waals surface area contributed by atoms with Gasteiger partial charge in [0, 0.05) is 16.4 Å². The summed E-state index contributed by atoms with van der Waals surface area (Å²) >= 11 is 0. The molecule has 13 rings (SSSR count). The second-order valence-electron chi connectivity index (χ2n) is 18.7. The van der Waals surface area contributed by atoms with Crippen LogP contribution in [0.4, 0.5) is 0 Å². The van der Waals surface area contributed by atoms with Crippen molar-refractivity contribution in [3.8, 4) is 67.9 Å². The van der Waals surface area contributed by atoms with Crippen molar-refractivity contribution in [3.05, 3.63) is 235 Å². The Morgan fingerprint density at radius 2 is 0.507 bits per heavy atom. The van der Waals surface area contributed by atoms with Crippen molar-refractivity contribution >= 4 is 69.3 Å². The SMILES string of the molecule is Cc1cccc(-c2ccccc2)c1B1c2ccccc2Oc2c1c1c(c3c2B(c2c(C)cccc2-c2ccccc2)c2ccccc2O3)B(c2c(C)cccc2-c2ccccc2)c2ccccc2O1. The van der Waals surface area contributed by atoms with E-state index in [1.807, 2.05) is 0 Å². The van der Waals surface area contributed by atoms with E-state index in [1.165, 1.54) is 49.8 Å². The van der Waals surface area contributed by atoms with Gasteiger partial charge in [-0.2, -0.15) is 0 Å². The predicted molar refractivity (Wildman–Crippen MR) is 290 cm³/mol. The molecule has 0 unspecified atom stereocenters. The smallest absolute Gasteiger partial charge is 0.256 e. The molecule has 0 aromatic heterocycles. The summed E-state index contributed by atoms with van der Waals surface area (Å²) in [6, 6.07) is 78.4. The van der Waals surface area contributed by atoms with Crippen molar-refractivity contribution in [2.24, 2.45) is 0 Å². The highest BCUT2D eigenvalue weighted by Crippen LogP contribution is 2.40. The van der Waals surface area contributed by atoms with Crippen LogP contribution in [0.5, 0.6) is 34.5 Å². The molecule has 0 radical (unpaired) electrons. The van der Waals surface area contributed by atoms with Crippen LogP contribution in [0.2, 0.25) is 0 Å². The van der Waals surface area contributed by atoms with Gasteiger partial charge in [-0.3, -0.25) is 0 Å². The van der Waals surface area contributed by atoms with Gasteiger partial charge in [-0.25, -0.2) is 0 Å². The van der Waals surface area contributed by atoms with E-state index in [2.05, 4.69) is 239 Å². The molecule has 0 spiro atoms. The molecule has 324 valence electrons. The van der Waals surface area contributed by atoms with Crippen molar-refractivity contribution in [1.82, 2.24) is 0 Å². The van der Waals surface area contributed by atoms with E-state index < -0.39 is 0 Å². The van der Waals surface area contributed by atoms with Crippen LogP contribution in [0, 0.1) is 20.8 Å². The minimum Gasteiger partial charge on any atom is -0.459 e. The lowest BCUT2D eigenvalue weighted by atomic mass is 9.27. The van der Waals surface area contributed by atoms with Crippen LogP contribution in [-0.2, 0) is 0 Å². The topological polar surface area (TPSA) is 27.7 Å². The van der Waals surface area contributed by atoms with Gasteiger partial charge in [0.1, 0.15) is 34.5 Å². The van der Waals surface area contributed by atoms with Gasteiger partial charge in [0.15, 0.2) is 0 Å². The fourth-order valence-corrected chi connectivity index (χ4v) is 11.8. The Labute approximate surface area is 405 Å². The van der Waals surface area contributed by atoms with E-state index in [0.717, 1.165) is 84.0 Å². The molecule has 6 heteroatoms. The zero-order valence-electron chi connectivity index (χ0n) is 38.7. The first-order valence-electron chi connectivity index (χ1n) is 24.0. The lowest BCUT2D eigenvalue weighted by Crippen LogP contribution is -2.66. The van der Waals surface area contributed by atoms with Gasteiger partial charge in [-0.15, -0.1) is 0 Å². The minimum atomic E-state index is -0.292. The van der Waals surface area contributed by atoms with Crippen molar-refractivity contribution in [1.29, 1.82) is 0 Å². The summed E-state index contributed by atoms with van der Waals surface area (Å²) in [5.74, 6) is 4.81. The number of ether oxygens (including phenoxy) is 3. The zero-order valence-corrected chi connectivity index (χ0v) is 38.7. The van der Waals surface area contributed by atoms with Crippen LogP contribution in [0.15, 0.2) is 218 Å². The van der Waals surface area contributed by atoms with Gasteiger partial charge in [0.05, 0.1) is 0 Å². The molecule has 0 N–H and O–H groups in total. The summed E-state index contributed by atoms with van der Waals surface area (Å²) in [5, 5.41) is 0. The van der Waals surface area contributed by atoms with E-state index >= 15 is 0 Å². The molecule has 3 heterocycles. The number of aryl methyl sites for hydroxylation is 3. The summed E-state index contributed by atoms with van der Waals surface area (Å²) in [5.41, 5.74) is 20.5. The molecule has 10 aromatic rings.